The summed E-state index contributed by atoms with van der Waals surface area (Å²) in [5, 5.41) is 12.8. The van der Waals surface area contributed by atoms with Crippen molar-refractivity contribution in [1.82, 2.24) is 19.7 Å². The van der Waals surface area contributed by atoms with Crippen LogP contribution in [0, 0.1) is 11.3 Å². The average Bonchev–Trinajstić information content (AvgIpc) is 2.65. The van der Waals surface area contributed by atoms with Crippen LogP contribution in [0.1, 0.15) is 5.56 Å². The van der Waals surface area contributed by atoms with Crippen LogP contribution in [0.3, 0.4) is 0 Å². The smallest absolute Gasteiger partial charge is 0.239 e. The summed E-state index contributed by atoms with van der Waals surface area (Å²) in [6.07, 6.45) is 2.85. The highest BCUT2D eigenvalue weighted by atomic mass is 35.5. The molecule has 0 aliphatic carbocycles. The van der Waals surface area contributed by atoms with E-state index in [4.69, 9.17) is 22.6 Å². The van der Waals surface area contributed by atoms with Gasteiger partial charge in [0.05, 0.1) is 5.56 Å². The third-order valence-corrected chi connectivity index (χ3v) is 2.09. The molecule has 0 aliphatic heterocycles. The van der Waals surface area contributed by atoms with E-state index in [1.54, 1.807) is 0 Å². The minimum Gasteiger partial charge on any atom is -0.366 e. The van der Waals surface area contributed by atoms with E-state index in [2.05, 4.69) is 15.1 Å². The minimum absolute atomic E-state index is 0.121. The Labute approximate surface area is 89.9 Å². The summed E-state index contributed by atoms with van der Waals surface area (Å²) >= 11 is 5.94. The fourth-order valence-corrected chi connectivity index (χ4v) is 1.30. The summed E-state index contributed by atoms with van der Waals surface area (Å²) in [6.45, 7) is 0. The third-order valence-electron chi connectivity index (χ3n) is 1.72. The number of rotatable bonds is 1. The van der Waals surface area contributed by atoms with Gasteiger partial charge in [0.2, 0.25) is 5.95 Å². The molecule has 0 spiro atoms. The Balaban J connectivity index is 2.59. The Morgan fingerprint density at radius 2 is 2.27 bits per heavy atom. The van der Waals surface area contributed by atoms with Gasteiger partial charge in [0.15, 0.2) is 5.82 Å². The Hall–Kier alpha value is -2.13. The molecule has 0 saturated heterocycles. The van der Waals surface area contributed by atoms with Gasteiger partial charge in [0.25, 0.3) is 0 Å². The van der Waals surface area contributed by atoms with Gasteiger partial charge in [-0.3, -0.25) is 0 Å². The van der Waals surface area contributed by atoms with Crippen LogP contribution >= 0.6 is 11.6 Å². The maximum Gasteiger partial charge on any atom is 0.239 e. The predicted octanol–water partition coefficient (Wildman–Crippen LogP) is 0.770. The standard InChI is InChI=1S/C8H5ClN6/c9-6-5(3-10)1-2-12-7(6)15-4-13-8(11)14-15/h1-2,4H,(H2,11,14). The molecule has 2 aromatic heterocycles. The maximum absolute atomic E-state index is 8.76. The molecule has 0 unspecified atom stereocenters. The molecule has 74 valence electrons. The number of nitriles is 1. The highest BCUT2D eigenvalue weighted by molar-refractivity contribution is 6.33. The number of halogens is 1. The first-order valence-electron chi connectivity index (χ1n) is 3.94. The monoisotopic (exact) mass is 220 g/mol. The highest BCUT2D eigenvalue weighted by Gasteiger charge is 2.10. The summed E-state index contributed by atoms with van der Waals surface area (Å²) in [4.78, 5) is 7.73. The zero-order valence-corrected chi connectivity index (χ0v) is 8.18. The molecule has 0 radical (unpaired) electrons. The predicted molar refractivity (Wildman–Crippen MR) is 53.3 cm³/mol. The molecule has 0 bridgehead atoms. The van der Waals surface area contributed by atoms with Crippen molar-refractivity contribution in [2.45, 2.75) is 0 Å². The topological polar surface area (TPSA) is 93.4 Å². The molecule has 2 N–H and O–H groups in total. The summed E-state index contributed by atoms with van der Waals surface area (Å²) in [6, 6.07) is 3.47. The van der Waals surface area contributed by atoms with Gasteiger partial charge in [-0.05, 0) is 6.07 Å². The van der Waals surface area contributed by atoms with Crippen molar-refractivity contribution >= 4 is 17.5 Å². The Kier molecular flexibility index (Phi) is 2.23. The van der Waals surface area contributed by atoms with Crippen LogP contribution in [0.5, 0.6) is 0 Å². The maximum atomic E-state index is 8.76. The molecule has 0 amide bonds. The van der Waals surface area contributed by atoms with Crippen molar-refractivity contribution in [2.24, 2.45) is 0 Å². The number of pyridine rings is 1. The fourth-order valence-electron chi connectivity index (χ4n) is 1.06. The molecule has 2 heterocycles. The number of anilines is 1. The second-order valence-electron chi connectivity index (χ2n) is 2.66. The zero-order valence-electron chi connectivity index (χ0n) is 7.42. The van der Waals surface area contributed by atoms with Gasteiger partial charge in [-0.1, -0.05) is 11.6 Å². The zero-order chi connectivity index (χ0) is 10.8. The van der Waals surface area contributed by atoms with Gasteiger partial charge in [0, 0.05) is 6.20 Å². The van der Waals surface area contributed by atoms with Crippen molar-refractivity contribution in [3.63, 3.8) is 0 Å². The fraction of sp³-hybridized carbons (Fsp3) is 0. The van der Waals surface area contributed by atoms with Crippen molar-refractivity contribution in [3.05, 3.63) is 29.2 Å². The number of nitrogens with zero attached hydrogens (tertiary/aromatic N) is 5. The summed E-state index contributed by atoms with van der Waals surface area (Å²) in [5.41, 5.74) is 5.69. The lowest BCUT2D eigenvalue weighted by Crippen LogP contribution is -2.01. The van der Waals surface area contributed by atoms with Gasteiger partial charge in [-0.2, -0.15) is 9.94 Å². The summed E-state index contributed by atoms with van der Waals surface area (Å²) in [5.74, 6) is 0.454. The van der Waals surface area contributed by atoms with E-state index in [0.29, 0.717) is 11.4 Å². The van der Waals surface area contributed by atoms with Gasteiger partial charge in [0.1, 0.15) is 17.4 Å². The molecule has 0 atom stereocenters. The first kappa shape index (κ1) is 9.43. The van der Waals surface area contributed by atoms with E-state index >= 15 is 0 Å². The minimum atomic E-state index is 0.121. The van der Waals surface area contributed by atoms with E-state index in [-0.39, 0.29) is 11.0 Å². The highest BCUT2D eigenvalue weighted by Crippen LogP contribution is 2.20. The van der Waals surface area contributed by atoms with E-state index < -0.39 is 0 Å². The number of nitrogen functional groups attached to an aromatic ring is 1. The van der Waals surface area contributed by atoms with Crippen LogP contribution in [0.2, 0.25) is 5.02 Å². The van der Waals surface area contributed by atoms with E-state index in [9.17, 15) is 0 Å². The van der Waals surface area contributed by atoms with E-state index in [0.717, 1.165) is 0 Å². The van der Waals surface area contributed by atoms with Crippen LogP contribution < -0.4 is 5.73 Å². The lowest BCUT2D eigenvalue weighted by molar-refractivity contribution is 0.848. The second kappa shape index (κ2) is 3.55. The summed E-state index contributed by atoms with van der Waals surface area (Å²) in [7, 11) is 0. The SMILES string of the molecule is N#Cc1ccnc(-n2cnc(N)n2)c1Cl. The number of nitrogens with two attached hydrogens (primary N) is 1. The lowest BCUT2D eigenvalue weighted by Gasteiger charge is -2.02. The normalized spacial score (nSPS) is 9.87. The van der Waals surface area contributed by atoms with Crippen LogP contribution in [0.25, 0.3) is 5.82 Å². The molecule has 6 nitrogen and oxygen atoms in total. The molecule has 0 aromatic carbocycles. The number of hydrogen-bond donors (Lipinski definition) is 1. The van der Waals surface area contributed by atoms with Crippen LogP contribution in [0.15, 0.2) is 18.6 Å². The number of hydrogen-bond acceptors (Lipinski definition) is 5. The van der Waals surface area contributed by atoms with Gasteiger partial charge >= 0.3 is 0 Å². The largest absolute Gasteiger partial charge is 0.366 e. The van der Waals surface area contributed by atoms with E-state index in [1.807, 2.05) is 6.07 Å². The third kappa shape index (κ3) is 1.60. The Morgan fingerprint density at radius 1 is 1.47 bits per heavy atom. The summed E-state index contributed by atoms with van der Waals surface area (Å²) < 4.78 is 1.32. The molecule has 0 fully saturated rings. The first-order valence-corrected chi connectivity index (χ1v) is 4.32. The quantitative estimate of drug-likeness (QED) is 0.766. The molecular weight excluding hydrogens is 216 g/mol. The lowest BCUT2D eigenvalue weighted by atomic mass is 10.3. The van der Waals surface area contributed by atoms with Crippen LogP contribution in [-0.2, 0) is 0 Å². The number of aromatic nitrogens is 4. The van der Waals surface area contributed by atoms with Gasteiger partial charge in [-0.15, -0.1) is 5.10 Å². The van der Waals surface area contributed by atoms with Crippen molar-refractivity contribution in [1.29, 1.82) is 5.26 Å². The first-order chi connectivity index (χ1) is 7.22. The van der Waals surface area contributed by atoms with Crippen LogP contribution in [0.4, 0.5) is 5.95 Å². The molecule has 7 heteroatoms. The van der Waals surface area contributed by atoms with Crippen LogP contribution in [-0.4, -0.2) is 19.7 Å². The second-order valence-corrected chi connectivity index (χ2v) is 3.03. The van der Waals surface area contributed by atoms with Crippen molar-refractivity contribution in [3.8, 4) is 11.9 Å². The van der Waals surface area contributed by atoms with Gasteiger partial charge in [-0.25, -0.2) is 9.97 Å². The average molecular weight is 221 g/mol. The van der Waals surface area contributed by atoms with Gasteiger partial charge < -0.3 is 5.73 Å². The molecular formula is C8H5ClN6. The Morgan fingerprint density at radius 3 is 2.87 bits per heavy atom. The Bertz CT molecular complexity index is 540. The van der Waals surface area contributed by atoms with Crippen molar-refractivity contribution < 1.29 is 0 Å². The van der Waals surface area contributed by atoms with E-state index in [1.165, 1.54) is 23.3 Å². The molecule has 2 aromatic rings. The molecule has 15 heavy (non-hydrogen) atoms. The molecule has 0 aliphatic rings. The molecule has 0 saturated carbocycles. The molecule has 2 rings (SSSR count). The van der Waals surface area contributed by atoms with Crippen molar-refractivity contribution in [2.75, 3.05) is 5.73 Å².